The lowest BCUT2D eigenvalue weighted by atomic mass is 10.2. The Kier molecular flexibility index (Phi) is 2.29. The van der Waals surface area contributed by atoms with Crippen LogP contribution in [0.4, 0.5) is 0 Å². The van der Waals surface area contributed by atoms with Crippen molar-refractivity contribution >= 4 is 27.9 Å². The van der Waals surface area contributed by atoms with Crippen molar-refractivity contribution < 1.29 is 14.1 Å². The minimum atomic E-state index is -1.62. The Bertz CT molecular complexity index is 561. The molecule has 0 amide bonds. The number of carbonyl (C=O) groups is 1. The Labute approximate surface area is 87.5 Å². The molecule has 1 heterocycles. The van der Waals surface area contributed by atoms with Gasteiger partial charge in [0.15, 0.2) is 0 Å². The number of aromatic amines is 1. The molecule has 1 unspecified atom stereocenters. The van der Waals surface area contributed by atoms with Crippen molar-refractivity contribution in [2.24, 2.45) is 5.14 Å². The number of hydrogen-bond acceptors (Lipinski definition) is 2. The van der Waals surface area contributed by atoms with Crippen LogP contribution >= 0.6 is 0 Å². The van der Waals surface area contributed by atoms with E-state index in [4.69, 9.17) is 10.2 Å². The summed E-state index contributed by atoms with van der Waals surface area (Å²) in [5.74, 6) is -1.06. The summed E-state index contributed by atoms with van der Waals surface area (Å²) in [7, 11) is -1.62. The molecule has 78 valence electrons. The Balaban J connectivity index is 2.75. The number of fused-ring (bicyclic) bond motifs is 1. The molecule has 0 aliphatic carbocycles. The maximum Gasteiger partial charge on any atom is 0.352 e. The fourth-order valence-electron chi connectivity index (χ4n) is 1.42. The predicted molar refractivity (Wildman–Crippen MR) is 55.9 cm³/mol. The second kappa shape index (κ2) is 3.48. The topological polar surface area (TPSA) is 96.2 Å². The van der Waals surface area contributed by atoms with E-state index in [1.54, 1.807) is 18.2 Å². The number of aromatic nitrogens is 1. The van der Waals surface area contributed by atoms with Gasteiger partial charge in [-0.05, 0) is 18.2 Å². The molecule has 4 N–H and O–H groups in total. The molecule has 0 spiro atoms. The third kappa shape index (κ3) is 1.64. The van der Waals surface area contributed by atoms with Gasteiger partial charge >= 0.3 is 5.97 Å². The second-order valence-electron chi connectivity index (χ2n) is 3.00. The maximum absolute atomic E-state index is 11.2. The Morgan fingerprint density at radius 1 is 1.47 bits per heavy atom. The summed E-state index contributed by atoms with van der Waals surface area (Å²) < 4.78 is 11.2. The van der Waals surface area contributed by atoms with Crippen LogP contribution in [0.2, 0.25) is 0 Å². The quantitative estimate of drug-likeness (QED) is 0.705. The van der Waals surface area contributed by atoms with E-state index in [0.29, 0.717) is 15.8 Å². The van der Waals surface area contributed by atoms with Crippen LogP contribution in [0.15, 0.2) is 29.2 Å². The first-order valence-electron chi connectivity index (χ1n) is 4.11. The standard InChI is InChI=1S/C9H8N2O3S/c10-15(14)8-3-1-2-6-5(8)4-7(11-6)9(12)13/h1-4,11H,10H2,(H,12,13). The lowest BCUT2D eigenvalue weighted by Crippen LogP contribution is -2.02. The molecule has 1 aromatic heterocycles. The third-order valence-electron chi connectivity index (χ3n) is 2.07. The van der Waals surface area contributed by atoms with Gasteiger partial charge in [0.2, 0.25) is 0 Å². The van der Waals surface area contributed by atoms with Crippen LogP contribution < -0.4 is 5.14 Å². The van der Waals surface area contributed by atoms with Crippen molar-refractivity contribution in [3.63, 3.8) is 0 Å². The summed E-state index contributed by atoms with van der Waals surface area (Å²) >= 11 is 0. The van der Waals surface area contributed by atoms with E-state index in [-0.39, 0.29) is 5.69 Å². The van der Waals surface area contributed by atoms with Crippen LogP contribution in [0, 0.1) is 0 Å². The molecule has 0 bridgehead atoms. The first-order chi connectivity index (χ1) is 7.09. The average molecular weight is 224 g/mol. The number of carboxylic acids is 1. The van der Waals surface area contributed by atoms with E-state index in [0.717, 1.165) is 0 Å². The molecule has 5 nitrogen and oxygen atoms in total. The second-order valence-corrected chi connectivity index (χ2v) is 4.04. The molecule has 0 aliphatic heterocycles. The van der Waals surface area contributed by atoms with Crippen LogP contribution in [0.5, 0.6) is 0 Å². The summed E-state index contributed by atoms with van der Waals surface area (Å²) in [6, 6.07) is 6.42. The normalized spacial score (nSPS) is 12.9. The zero-order valence-electron chi connectivity index (χ0n) is 7.56. The van der Waals surface area contributed by atoms with Gasteiger partial charge in [-0.25, -0.2) is 14.1 Å². The molecule has 0 radical (unpaired) electrons. The highest BCUT2D eigenvalue weighted by atomic mass is 32.2. The van der Waals surface area contributed by atoms with E-state index in [2.05, 4.69) is 4.98 Å². The summed E-state index contributed by atoms with van der Waals surface area (Å²) in [6.45, 7) is 0. The van der Waals surface area contributed by atoms with E-state index in [9.17, 15) is 9.00 Å². The third-order valence-corrected chi connectivity index (χ3v) is 2.86. The van der Waals surface area contributed by atoms with Gasteiger partial charge in [0.25, 0.3) is 0 Å². The van der Waals surface area contributed by atoms with E-state index < -0.39 is 17.0 Å². The number of H-pyrrole nitrogens is 1. The minimum Gasteiger partial charge on any atom is -0.477 e. The van der Waals surface area contributed by atoms with Gasteiger partial charge in [-0.1, -0.05) is 6.07 Å². The molecule has 0 saturated carbocycles. The monoisotopic (exact) mass is 224 g/mol. The molecule has 0 fully saturated rings. The van der Waals surface area contributed by atoms with Gasteiger partial charge in [-0.3, -0.25) is 0 Å². The van der Waals surface area contributed by atoms with Gasteiger partial charge < -0.3 is 10.1 Å². The summed E-state index contributed by atoms with van der Waals surface area (Å²) in [5.41, 5.74) is 0.673. The molecule has 1 aromatic carbocycles. The molecule has 2 rings (SSSR count). The van der Waals surface area contributed by atoms with Crippen molar-refractivity contribution in [1.29, 1.82) is 0 Å². The average Bonchev–Trinajstić information content (AvgIpc) is 2.60. The number of hydrogen-bond donors (Lipinski definition) is 3. The highest BCUT2D eigenvalue weighted by Gasteiger charge is 2.11. The number of benzene rings is 1. The van der Waals surface area contributed by atoms with Crippen LogP contribution in [-0.4, -0.2) is 20.3 Å². The number of carboxylic acid groups (broad SMARTS) is 1. The highest BCUT2D eigenvalue weighted by molar-refractivity contribution is 7.83. The largest absolute Gasteiger partial charge is 0.477 e. The molecule has 0 saturated heterocycles. The van der Waals surface area contributed by atoms with Gasteiger partial charge in [-0.15, -0.1) is 0 Å². The Morgan fingerprint density at radius 2 is 2.20 bits per heavy atom. The molecular weight excluding hydrogens is 216 g/mol. The lowest BCUT2D eigenvalue weighted by Gasteiger charge is -1.96. The molecule has 1 atom stereocenters. The summed E-state index contributed by atoms with van der Waals surface area (Å²) in [6.07, 6.45) is 0. The van der Waals surface area contributed by atoms with Gasteiger partial charge in [0.1, 0.15) is 16.7 Å². The van der Waals surface area contributed by atoms with Crippen molar-refractivity contribution in [2.75, 3.05) is 0 Å². The van der Waals surface area contributed by atoms with E-state index in [1.165, 1.54) is 6.07 Å². The fraction of sp³-hybridized carbons (Fsp3) is 0. The van der Waals surface area contributed by atoms with E-state index >= 15 is 0 Å². The SMILES string of the molecule is NS(=O)c1cccc2[nH]c(C(=O)O)cc12. The van der Waals surface area contributed by atoms with Gasteiger partial charge in [0.05, 0.1) is 4.90 Å². The first-order valence-corrected chi connectivity index (χ1v) is 5.32. The van der Waals surface area contributed by atoms with Gasteiger partial charge in [0, 0.05) is 10.9 Å². The molecule has 2 aromatic rings. The van der Waals surface area contributed by atoms with Crippen molar-refractivity contribution in [2.45, 2.75) is 4.90 Å². The van der Waals surface area contributed by atoms with Crippen LogP contribution in [0.3, 0.4) is 0 Å². The zero-order valence-corrected chi connectivity index (χ0v) is 8.38. The van der Waals surface area contributed by atoms with Crippen molar-refractivity contribution in [3.8, 4) is 0 Å². The number of rotatable bonds is 2. The fourth-order valence-corrected chi connectivity index (χ4v) is 2.02. The maximum atomic E-state index is 11.2. The molecule has 6 heteroatoms. The van der Waals surface area contributed by atoms with Gasteiger partial charge in [-0.2, -0.15) is 0 Å². The van der Waals surface area contributed by atoms with Crippen LogP contribution in [0.1, 0.15) is 10.5 Å². The lowest BCUT2D eigenvalue weighted by molar-refractivity contribution is 0.0691. The first kappa shape index (κ1) is 9.88. The minimum absolute atomic E-state index is 0.0582. The number of aromatic carboxylic acids is 1. The Hall–Kier alpha value is -1.66. The highest BCUT2D eigenvalue weighted by Crippen LogP contribution is 2.21. The molecular formula is C9H8N2O3S. The number of nitrogens with two attached hydrogens (primary N) is 1. The smallest absolute Gasteiger partial charge is 0.352 e. The van der Waals surface area contributed by atoms with E-state index in [1.807, 2.05) is 0 Å². The van der Waals surface area contributed by atoms with Crippen LogP contribution in [0.25, 0.3) is 10.9 Å². The summed E-state index contributed by atoms with van der Waals surface area (Å²) in [5, 5.41) is 14.6. The summed E-state index contributed by atoms with van der Waals surface area (Å²) in [4.78, 5) is 13.8. The molecule has 0 aliphatic rings. The Morgan fingerprint density at radius 3 is 2.80 bits per heavy atom. The number of nitrogens with one attached hydrogen (secondary N) is 1. The zero-order chi connectivity index (χ0) is 11.0. The predicted octanol–water partition coefficient (Wildman–Crippen LogP) is 0.847. The van der Waals surface area contributed by atoms with Crippen molar-refractivity contribution in [1.82, 2.24) is 4.98 Å². The molecule has 15 heavy (non-hydrogen) atoms. The van der Waals surface area contributed by atoms with Crippen LogP contribution in [-0.2, 0) is 11.0 Å². The van der Waals surface area contributed by atoms with Crippen molar-refractivity contribution in [3.05, 3.63) is 30.0 Å².